The van der Waals surface area contributed by atoms with Crippen LogP contribution in [0.3, 0.4) is 0 Å². The number of likely N-dealkylation sites (tertiary alicyclic amines) is 1. The van der Waals surface area contributed by atoms with Crippen LogP contribution in [0.4, 0.5) is 4.39 Å². The van der Waals surface area contributed by atoms with Crippen molar-refractivity contribution in [3.8, 4) is 11.5 Å². The van der Waals surface area contributed by atoms with Crippen molar-refractivity contribution in [2.75, 3.05) is 19.6 Å². The summed E-state index contributed by atoms with van der Waals surface area (Å²) in [5.74, 6) is 0.504. The highest BCUT2D eigenvalue weighted by Crippen LogP contribution is 2.25. The molecule has 1 saturated heterocycles. The fourth-order valence-corrected chi connectivity index (χ4v) is 2.84. The molecule has 0 saturated carbocycles. The molecule has 2 aromatic rings. The maximum absolute atomic E-state index is 13.2. The quantitative estimate of drug-likeness (QED) is 0.914. The molecule has 0 radical (unpaired) electrons. The molecule has 0 spiro atoms. The van der Waals surface area contributed by atoms with Gasteiger partial charge in [0.1, 0.15) is 5.82 Å². The van der Waals surface area contributed by atoms with E-state index in [9.17, 15) is 4.39 Å². The lowest BCUT2D eigenvalue weighted by molar-refractivity contribution is 0.306. The van der Waals surface area contributed by atoms with E-state index in [1.165, 1.54) is 18.9 Å². The van der Waals surface area contributed by atoms with Gasteiger partial charge in [0, 0.05) is 12.1 Å². The second kappa shape index (κ2) is 6.21. The zero-order valence-corrected chi connectivity index (χ0v) is 13.0. The van der Waals surface area contributed by atoms with Gasteiger partial charge >= 0.3 is 0 Å². The Morgan fingerprint density at radius 3 is 2.86 bits per heavy atom. The minimum absolute atomic E-state index is 0.274. The van der Waals surface area contributed by atoms with Crippen molar-refractivity contribution in [2.24, 2.45) is 5.73 Å². The summed E-state index contributed by atoms with van der Waals surface area (Å²) in [7, 11) is 0. The van der Waals surface area contributed by atoms with Gasteiger partial charge in [-0.3, -0.25) is 0 Å². The Kier molecular flexibility index (Phi) is 4.32. The molecule has 1 aromatic heterocycles. The number of rotatable bonds is 4. The van der Waals surface area contributed by atoms with Crippen molar-refractivity contribution in [1.29, 1.82) is 0 Å². The lowest BCUT2D eigenvalue weighted by Crippen LogP contribution is -2.30. The summed E-state index contributed by atoms with van der Waals surface area (Å²) in [4.78, 5) is 6.62. The number of hydrogen-bond donors (Lipinski definition) is 1. The van der Waals surface area contributed by atoms with E-state index >= 15 is 0 Å². The van der Waals surface area contributed by atoms with Crippen LogP contribution < -0.4 is 5.73 Å². The minimum atomic E-state index is -0.329. The van der Waals surface area contributed by atoms with E-state index in [0.717, 1.165) is 19.6 Å². The number of benzene rings is 1. The van der Waals surface area contributed by atoms with Crippen molar-refractivity contribution < 1.29 is 8.91 Å². The molecule has 7 heteroatoms. The summed E-state index contributed by atoms with van der Waals surface area (Å²) in [6.45, 7) is 2.87. The topological polar surface area (TPSA) is 68.2 Å². The standard InChI is InChI=1S/C14H16BrFN4O/c15-10-7-9(3-4-11(10)16)14-18-13(19-21-14)12(17)8-20-5-1-2-6-20/h3-4,7,12H,1-2,5-6,8,17H2. The van der Waals surface area contributed by atoms with Gasteiger partial charge < -0.3 is 15.2 Å². The predicted octanol–water partition coefficient (Wildman–Crippen LogP) is 2.73. The third-order valence-corrected chi connectivity index (χ3v) is 4.20. The Morgan fingerprint density at radius 1 is 1.38 bits per heavy atom. The zero-order chi connectivity index (χ0) is 14.8. The van der Waals surface area contributed by atoms with Gasteiger partial charge in [0.05, 0.1) is 10.5 Å². The van der Waals surface area contributed by atoms with Gasteiger partial charge in [-0.2, -0.15) is 4.98 Å². The van der Waals surface area contributed by atoms with E-state index in [4.69, 9.17) is 10.3 Å². The smallest absolute Gasteiger partial charge is 0.258 e. The summed E-state index contributed by atoms with van der Waals surface area (Å²) >= 11 is 3.14. The molecule has 1 aliphatic heterocycles. The minimum Gasteiger partial charge on any atom is -0.334 e. The van der Waals surface area contributed by atoms with Gasteiger partial charge in [-0.05, 0) is 60.1 Å². The molecular weight excluding hydrogens is 339 g/mol. The SMILES string of the molecule is NC(CN1CCCC1)c1noc(-c2ccc(F)c(Br)c2)n1. The Labute approximate surface area is 130 Å². The average molecular weight is 355 g/mol. The lowest BCUT2D eigenvalue weighted by Gasteiger charge is -2.17. The molecule has 1 aromatic carbocycles. The van der Waals surface area contributed by atoms with Gasteiger partial charge in [0.25, 0.3) is 5.89 Å². The van der Waals surface area contributed by atoms with Crippen LogP contribution in [-0.4, -0.2) is 34.7 Å². The Balaban J connectivity index is 1.74. The van der Waals surface area contributed by atoms with Crippen molar-refractivity contribution in [3.05, 3.63) is 34.3 Å². The van der Waals surface area contributed by atoms with Crippen LogP contribution in [0.5, 0.6) is 0 Å². The van der Waals surface area contributed by atoms with Crippen molar-refractivity contribution in [1.82, 2.24) is 15.0 Å². The maximum atomic E-state index is 13.2. The Bertz CT molecular complexity index is 627. The third kappa shape index (κ3) is 3.30. The molecule has 0 aliphatic carbocycles. The summed E-state index contributed by atoms with van der Waals surface area (Å²) in [6, 6.07) is 4.29. The van der Waals surface area contributed by atoms with Crippen LogP contribution in [-0.2, 0) is 0 Å². The summed E-state index contributed by atoms with van der Waals surface area (Å²) in [5.41, 5.74) is 6.79. The lowest BCUT2D eigenvalue weighted by atomic mass is 10.2. The predicted molar refractivity (Wildman–Crippen MR) is 80.0 cm³/mol. The molecule has 2 heterocycles. The molecule has 1 aliphatic rings. The summed E-state index contributed by atoms with van der Waals surface area (Å²) in [6.07, 6.45) is 2.43. The van der Waals surface area contributed by atoms with E-state index in [1.807, 2.05) is 0 Å². The molecule has 1 atom stereocenters. The molecule has 1 unspecified atom stereocenters. The molecule has 2 N–H and O–H groups in total. The summed E-state index contributed by atoms with van der Waals surface area (Å²) in [5, 5.41) is 3.94. The first-order valence-corrected chi connectivity index (χ1v) is 7.70. The number of nitrogens with two attached hydrogens (primary N) is 1. The highest BCUT2D eigenvalue weighted by atomic mass is 79.9. The largest absolute Gasteiger partial charge is 0.334 e. The van der Waals surface area contributed by atoms with E-state index in [1.54, 1.807) is 12.1 Å². The van der Waals surface area contributed by atoms with Crippen LogP contribution in [0.1, 0.15) is 24.7 Å². The van der Waals surface area contributed by atoms with Crippen LogP contribution in [0.2, 0.25) is 0 Å². The molecule has 112 valence electrons. The monoisotopic (exact) mass is 354 g/mol. The molecule has 0 amide bonds. The molecule has 1 fully saturated rings. The fourth-order valence-electron chi connectivity index (χ4n) is 2.46. The highest BCUT2D eigenvalue weighted by molar-refractivity contribution is 9.10. The Hall–Kier alpha value is -1.31. The first-order valence-electron chi connectivity index (χ1n) is 6.90. The van der Waals surface area contributed by atoms with Gasteiger partial charge in [0.15, 0.2) is 5.82 Å². The molecular formula is C14H16BrFN4O. The summed E-state index contributed by atoms with van der Waals surface area (Å²) < 4.78 is 18.8. The molecule has 21 heavy (non-hydrogen) atoms. The molecule has 3 rings (SSSR count). The van der Waals surface area contributed by atoms with Crippen LogP contribution in [0.25, 0.3) is 11.5 Å². The fraction of sp³-hybridized carbons (Fsp3) is 0.429. The van der Waals surface area contributed by atoms with E-state index in [2.05, 4.69) is 31.0 Å². The van der Waals surface area contributed by atoms with E-state index in [0.29, 0.717) is 21.8 Å². The Morgan fingerprint density at radius 2 is 2.14 bits per heavy atom. The van der Waals surface area contributed by atoms with Gasteiger partial charge in [-0.25, -0.2) is 4.39 Å². The maximum Gasteiger partial charge on any atom is 0.258 e. The zero-order valence-electron chi connectivity index (χ0n) is 11.4. The first kappa shape index (κ1) is 14.6. The van der Waals surface area contributed by atoms with Gasteiger partial charge in [-0.15, -0.1) is 0 Å². The normalized spacial score (nSPS) is 17.3. The van der Waals surface area contributed by atoms with Crippen LogP contribution >= 0.6 is 15.9 Å². The second-order valence-electron chi connectivity index (χ2n) is 5.20. The highest BCUT2D eigenvalue weighted by Gasteiger charge is 2.20. The van der Waals surface area contributed by atoms with Crippen molar-refractivity contribution >= 4 is 15.9 Å². The third-order valence-electron chi connectivity index (χ3n) is 3.59. The van der Waals surface area contributed by atoms with Crippen molar-refractivity contribution in [2.45, 2.75) is 18.9 Å². The number of halogens is 2. The van der Waals surface area contributed by atoms with E-state index < -0.39 is 0 Å². The molecule has 5 nitrogen and oxygen atoms in total. The van der Waals surface area contributed by atoms with Crippen molar-refractivity contribution in [3.63, 3.8) is 0 Å². The van der Waals surface area contributed by atoms with Gasteiger partial charge in [-0.1, -0.05) is 5.16 Å². The van der Waals surface area contributed by atoms with Crippen LogP contribution in [0, 0.1) is 5.82 Å². The molecule has 0 bridgehead atoms. The van der Waals surface area contributed by atoms with E-state index in [-0.39, 0.29) is 11.9 Å². The average Bonchev–Trinajstić information content (AvgIpc) is 3.12. The number of aromatic nitrogens is 2. The number of hydrogen-bond acceptors (Lipinski definition) is 5. The van der Waals surface area contributed by atoms with Gasteiger partial charge in [0.2, 0.25) is 0 Å². The second-order valence-corrected chi connectivity index (χ2v) is 6.06. The van der Waals surface area contributed by atoms with Crippen LogP contribution in [0.15, 0.2) is 27.2 Å². The number of nitrogens with zero attached hydrogens (tertiary/aromatic N) is 3. The first-order chi connectivity index (χ1) is 10.1.